The Bertz CT molecular complexity index is 292. The van der Waals surface area contributed by atoms with Gasteiger partial charge >= 0.3 is 0 Å². The zero-order valence-electron chi connectivity index (χ0n) is 10.6. The van der Waals surface area contributed by atoms with E-state index in [1.54, 1.807) is 10.9 Å². The molecule has 1 aromatic rings. The van der Waals surface area contributed by atoms with Crippen molar-refractivity contribution in [1.82, 2.24) is 0 Å². The minimum absolute atomic E-state index is 0.845. The molecule has 0 N–H and O–H groups in total. The zero-order valence-corrected chi connectivity index (χ0v) is 11.5. The van der Waals surface area contributed by atoms with Gasteiger partial charge in [0.05, 0.1) is 23.8 Å². The molecule has 0 nitrogen and oxygen atoms in total. The molecule has 84 valence electrons. The Hall–Kier alpha value is -0.350. The van der Waals surface area contributed by atoms with Crippen LogP contribution in [-0.2, 0) is 6.42 Å². The lowest BCUT2D eigenvalue weighted by Crippen LogP contribution is -2.21. The van der Waals surface area contributed by atoms with Crippen LogP contribution >= 0.6 is 7.26 Å². The third-order valence-electron chi connectivity index (χ3n) is 3.70. The van der Waals surface area contributed by atoms with Gasteiger partial charge in [-0.05, 0) is 38.8 Å². The second-order valence-corrected chi connectivity index (χ2v) is 8.75. The fraction of sp³-hybridized carbons (Fsp3) is 0.571. The van der Waals surface area contributed by atoms with Crippen LogP contribution in [0.3, 0.4) is 0 Å². The van der Waals surface area contributed by atoms with Crippen LogP contribution < -0.4 is 5.30 Å². The van der Waals surface area contributed by atoms with Crippen molar-refractivity contribution in [3.8, 4) is 0 Å². The molecule has 1 heteroatoms. The molecule has 0 spiro atoms. The third kappa shape index (κ3) is 2.42. The molecular formula is C14H24P+. The molecule has 0 saturated heterocycles. The van der Waals surface area contributed by atoms with E-state index in [2.05, 4.69) is 52.0 Å². The number of hydrogen-bond donors (Lipinski definition) is 0. The summed E-state index contributed by atoms with van der Waals surface area (Å²) < 4.78 is 0. The van der Waals surface area contributed by atoms with Crippen molar-refractivity contribution < 1.29 is 0 Å². The Morgan fingerprint density at radius 2 is 1.40 bits per heavy atom. The number of aryl methyl sites for hydroxylation is 1. The Balaban J connectivity index is 3.21. The van der Waals surface area contributed by atoms with Crippen molar-refractivity contribution in [3.63, 3.8) is 0 Å². The van der Waals surface area contributed by atoms with Crippen molar-refractivity contribution in [2.45, 2.75) is 34.1 Å². The largest absolute Gasteiger partial charge is 0.0970 e. The van der Waals surface area contributed by atoms with Gasteiger partial charge in [-0.15, -0.1) is 0 Å². The van der Waals surface area contributed by atoms with Crippen LogP contribution in [0.15, 0.2) is 24.3 Å². The van der Waals surface area contributed by atoms with Crippen molar-refractivity contribution in [2.75, 3.05) is 18.5 Å². The molecule has 0 saturated carbocycles. The predicted octanol–water partition coefficient (Wildman–Crippen LogP) is 3.95. The molecule has 0 fully saturated rings. The molecule has 0 aromatic heterocycles. The molecule has 1 rings (SSSR count). The highest BCUT2D eigenvalue weighted by atomic mass is 31.2. The summed E-state index contributed by atoms with van der Waals surface area (Å²) in [5.74, 6) is 0. The van der Waals surface area contributed by atoms with Crippen LogP contribution in [0.5, 0.6) is 0 Å². The normalized spacial score (nSPS) is 11.7. The van der Waals surface area contributed by atoms with Crippen molar-refractivity contribution in [2.24, 2.45) is 0 Å². The number of hydrogen-bond acceptors (Lipinski definition) is 0. The van der Waals surface area contributed by atoms with Crippen LogP contribution in [0.1, 0.15) is 33.3 Å². The average molecular weight is 223 g/mol. The van der Waals surface area contributed by atoms with E-state index < -0.39 is 7.26 Å². The summed E-state index contributed by atoms with van der Waals surface area (Å²) in [7, 11) is -0.845. The summed E-state index contributed by atoms with van der Waals surface area (Å²) in [5.41, 5.74) is 1.58. The fourth-order valence-electron chi connectivity index (χ4n) is 2.45. The molecule has 0 aliphatic rings. The predicted molar refractivity (Wildman–Crippen MR) is 74.0 cm³/mol. The van der Waals surface area contributed by atoms with Gasteiger partial charge in [-0.2, -0.15) is 0 Å². The minimum atomic E-state index is -0.845. The summed E-state index contributed by atoms with van der Waals surface area (Å²) in [6.07, 6.45) is 5.25. The maximum Gasteiger partial charge on any atom is 0.0970 e. The molecule has 15 heavy (non-hydrogen) atoms. The van der Waals surface area contributed by atoms with Crippen LogP contribution in [0.4, 0.5) is 0 Å². The average Bonchev–Trinajstić information content (AvgIpc) is 2.33. The molecular weight excluding hydrogens is 199 g/mol. The Labute approximate surface area is 95.4 Å². The monoisotopic (exact) mass is 223 g/mol. The summed E-state index contributed by atoms with van der Waals surface area (Å²) in [6.45, 7) is 9.38. The zero-order chi connectivity index (χ0) is 11.3. The van der Waals surface area contributed by atoms with E-state index in [9.17, 15) is 0 Å². The first-order valence-corrected chi connectivity index (χ1v) is 8.53. The van der Waals surface area contributed by atoms with Gasteiger partial charge in [0.1, 0.15) is 0 Å². The van der Waals surface area contributed by atoms with Gasteiger partial charge in [0, 0.05) is 7.26 Å². The first-order valence-electron chi connectivity index (χ1n) is 6.18. The molecule has 0 radical (unpaired) electrons. The van der Waals surface area contributed by atoms with E-state index in [1.165, 1.54) is 24.9 Å². The second kappa shape index (κ2) is 5.66. The molecule has 0 atom stereocenters. The molecule has 0 heterocycles. The van der Waals surface area contributed by atoms with E-state index in [-0.39, 0.29) is 0 Å². The van der Waals surface area contributed by atoms with Crippen LogP contribution in [-0.4, -0.2) is 18.5 Å². The van der Waals surface area contributed by atoms with E-state index >= 15 is 0 Å². The van der Waals surface area contributed by atoms with Crippen molar-refractivity contribution >= 4 is 12.6 Å². The standard InChI is InChI=1S/C14H24P/c1-5-13-11-9-10-12-14(13)15(6-2,7-3)8-4/h9-12H,5-8H2,1-4H3/q+1. The highest BCUT2D eigenvalue weighted by molar-refractivity contribution is 7.82. The smallest absolute Gasteiger partial charge is 0.0617 e. The van der Waals surface area contributed by atoms with Gasteiger partial charge in [0.2, 0.25) is 0 Å². The third-order valence-corrected chi connectivity index (χ3v) is 8.79. The minimum Gasteiger partial charge on any atom is -0.0617 e. The Morgan fingerprint density at radius 3 is 1.87 bits per heavy atom. The van der Waals surface area contributed by atoms with E-state index in [1.807, 2.05) is 0 Å². The highest BCUT2D eigenvalue weighted by Gasteiger charge is 2.35. The first-order chi connectivity index (χ1) is 7.24. The van der Waals surface area contributed by atoms with Crippen LogP contribution in [0.25, 0.3) is 0 Å². The molecule has 0 bridgehead atoms. The maximum atomic E-state index is 2.38. The Kier molecular flexibility index (Phi) is 4.80. The van der Waals surface area contributed by atoms with Crippen LogP contribution in [0, 0.1) is 0 Å². The lowest BCUT2D eigenvalue weighted by atomic mass is 10.2. The fourth-order valence-corrected chi connectivity index (χ4v) is 6.06. The highest BCUT2D eigenvalue weighted by Crippen LogP contribution is 2.57. The molecule has 0 aliphatic carbocycles. The van der Waals surface area contributed by atoms with Crippen LogP contribution in [0.2, 0.25) is 0 Å². The molecule has 0 amide bonds. The summed E-state index contributed by atoms with van der Waals surface area (Å²) in [4.78, 5) is 0. The SMILES string of the molecule is CCc1ccccc1[P+](CC)(CC)CC. The van der Waals surface area contributed by atoms with E-state index in [4.69, 9.17) is 0 Å². The topological polar surface area (TPSA) is 0 Å². The number of benzene rings is 1. The van der Waals surface area contributed by atoms with Gasteiger partial charge in [-0.1, -0.05) is 25.1 Å². The summed E-state index contributed by atoms with van der Waals surface area (Å²) >= 11 is 0. The van der Waals surface area contributed by atoms with E-state index in [0.29, 0.717) is 0 Å². The summed E-state index contributed by atoms with van der Waals surface area (Å²) in [5, 5.41) is 1.69. The maximum absolute atomic E-state index is 2.38. The lowest BCUT2D eigenvalue weighted by Gasteiger charge is -2.25. The van der Waals surface area contributed by atoms with Gasteiger partial charge in [-0.3, -0.25) is 0 Å². The van der Waals surface area contributed by atoms with Gasteiger partial charge in [0.25, 0.3) is 0 Å². The quantitative estimate of drug-likeness (QED) is 0.663. The molecule has 0 unspecified atom stereocenters. The lowest BCUT2D eigenvalue weighted by molar-refractivity contribution is 1.15. The van der Waals surface area contributed by atoms with E-state index in [0.717, 1.165) is 0 Å². The van der Waals surface area contributed by atoms with Gasteiger partial charge in [-0.25, -0.2) is 0 Å². The molecule has 1 aromatic carbocycles. The molecule has 0 aliphatic heterocycles. The summed E-state index contributed by atoms with van der Waals surface area (Å²) in [6, 6.07) is 9.08. The second-order valence-electron chi connectivity index (χ2n) is 4.08. The van der Waals surface area contributed by atoms with Crippen molar-refractivity contribution in [1.29, 1.82) is 0 Å². The van der Waals surface area contributed by atoms with Gasteiger partial charge < -0.3 is 0 Å². The van der Waals surface area contributed by atoms with Crippen molar-refractivity contribution in [3.05, 3.63) is 29.8 Å². The first kappa shape index (κ1) is 12.7. The van der Waals surface area contributed by atoms with Gasteiger partial charge in [0.15, 0.2) is 0 Å². The Morgan fingerprint density at radius 1 is 0.867 bits per heavy atom. The number of rotatable bonds is 5.